The number of carbonyl (C=O) groups is 1. The van der Waals surface area contributed by atoms with Gasteiger partial charge in [0.25, 0.3) is 5.91 Å². The van der Waals surface area contributed by atoms with Gasteiger partial charge in [-0.15, -0.1) is 0 Å². The van der Waals surface area contributed by atoms with Crippen LogP contribution in [-0.4, -0.2) is 57.2 Å². The maximum absolute atomic E-state index is 12.8. The maximum Gasteiger partial charge on any atom is 0.257 e. The standard InChI is InChI=1S/C22H29N3O2/c1-4-23(5-2)18-10-12-19(13-11-18)24-14-16-25(17-15-24)22(26)20-8-6-7-9-21(20)27-3/h6-13H,4-5,14-17H2,1-3H3. The fraction of sp³-hybridized carbons (Fsp3) is 0.409. The van der Waals surface area contributed by atoms with E-state index in [2.05, 4.69) is 47.9 Å². The first-order chi connectivity index (χ1) is 13.2. The van der Waals surface area contributed by atoms with Crippen LogP contribution in [0.5, 0.6) is 5.75 Å². The molecule has 1 heterocycles. The van der Waals surface area contributed by atoms with Crippen molar-refractivity contribution in [1.29, 1.82) is 0 Å². The summed E-state index contributed by atoms with van der Waals surface area (Å²) in [4.78, 5) is 19.4. The number of para-hydroxylation sites is 1. The highest BCUT2D eigenvalue weighted by atomic mass is 16.5. The van der Waals surface area contributed by atoms with E-state index < -0.39 is 0 Å². The number of benzene rings is 2. The normalized spacial score (nSPS) is 14.2. The Labute approximate surface area is 162 Å². The van der Waals surface area contributed by atoms with Gasteiger partial charge in [0.2, 0.25) is 0 Å². The second kappa shape index (κ2) is 8.80. The molecule has 0 radical (unpaired) electrons. The molecule has 144 valence electrons. The van der Waals surface area contributed by atoms with Crippen molar-refractivity contribution in [3.63, 3.8) is 0 Å². The van der Waals surface area contributed by atoms with E-state index in [4.69, 9.17) is 4.74 Å². The third kappa shape index (κ3) is 4.18. The fourth-order valence-corrected chi connectivity index (χ4v) is 3.62. The van der Waals surface area contributed by atoms with Gasteiger partial charge in [-0.1, -0.05) is 12.1 Å². The number of amides is 1. The van der Waals surface area contributed by atoms with E-state index in [0.29, 0.717) is 24.4 Å². The van der Waals surface area contributed by atoms with Crippen molar-refractivity contribution in [2.45, 2.75) is 13.8 Å². The van der Waals surface area contributed by atoms with Gasteiger partial charge in [-0.2, -0.15) is 0 Å². The van der Waals surface area contributed by atoms with E-state index in [9.17, 15) is 4.79 Å². The molecular formula is C22H29N3O2. The Bertz CT molecular complexity index is 748. The van der Waals surface area contributed by atoms with E-state index >= 15 is 0 Å². The van der Waals surface area contributed by atoms with Crippen LogP contribution < -0.4 is 14.5 Å². The van der Waals surface area contributed by atoms with E-state index in [1.807, 2.05) is 29.2 Å². The van der Waals surface area contributed by atoms with Gasteiger partial charge in [-0.05, 0) is 50.2 Å². The van der Waals surface area contributed by atoms with Gasteiger partial charge in [-0.3, -0.25) is 4.79 Å². The fourth-order valence-electron chi connectivity index (χ4n) is 3.62. The molecule has 2 aromatic carbocycles. The monoisotopic (exact) mass is 367 g/mol. The van der Waals surface area contributed by atoms with E-state index in [-0.39, 0.29) is 5.91 Å². The lowest BCUT2D eigenvalue weighted by Gasteiger charge is -2.36. The van der Waals surface area contributed by atoms with E-state index in [1.165, 1.54) is 11.4 Å². The Morgan fingerprint density at radius 1 is 0.963 bits per heavy atom. The van der Waals surface area contributed by atoms with Gasteiger partial charge in [0.15, 0.2) is 0 Å². The Balaban J connectivity index is 1.62. The SMILES string of the molecule is CCN(CC)c1ccc(N2CCN(C(=O)c3ccccc3OC)CC2)cc1. The number of ether oxygens (including phenoxy) is 1. The third-order valence-corrected chi connectivity index (χ3v) is 5.25. The van der Waals surface area contributed by atoms with Gasteiger partial charge in [0, 0.05) is 50.6 Å². The number of anilines is 2. The van der Waals surface area contributed by atoms with Crippen LogP contribution in [0, 0.1) is 0 Å². The second-order valence-electron chi connectivity index (χ2n) is 6.67. The summed E-state index contributed by atoms with van der Waals surface area (Å²) in [5, 5.41) is 0. The summed E-state index contributed by atoms with van der Waals surface area (Å²) in [5.74, 6) is 0.681. The lowest BCUT2D eigenvalue weighted by atomic mass is 10.1. The summed E-state index contributed by atoms with van der Waals surface area (Å²) < 4.78 is 5.33. The van der Waals surface area contributed by atoms with Gasteiger partial charge in [-0.25, -0.2) is 0 Å². The molecule has 0 N–H and O–H groups in total. The van der Waals surface area contributed by atoms with Crippen LogP contribution in [0.1, 0.15) is 24.2 Å². The number of methoxy groups -OCH3 is 1. The molecule has 1 saturated heterocycles. The average molecular weight is 367 g/mol. The van der Waals surface area contributed by atoms with Gasteiger partial charge in [0.1, 0.15) is 5.75 Å². The first-order valence-electron chi connectivity index (χ1n) is 9.70. The summed E-state index contributed by atoms with van der Waals surface area (Å²) in [6, 6.07) is 16.2. The highest BCUT2D eigenvalue weighted by Crippen LogP contribution is 2.24. The highest BCUT2D eigenvalue weighted by Gasteiger charge is 2.24. The molecule has 1 aliphatic rings. The summed E-state index contributed by atoms with van der Waals surface area (Å²) >= 11 is 0. The second-order valence-corrected chi connectivity index (χ2v) is 6.67. The third-order valence-electron chi connectivity index (χ3n) is 5.25. The molecule has 3 rings (SSSR count). The Morgan fingerprint density at radius 3 is 2.19 bits per heavy atom. The Morgan fingerprint density at radius 2 is 1.59 bits per heavy atom. The van der Waals surface area contributed by atoms with Crippen molar-refractivity contribution >= 4 is 17.3 Å². The predicted octanol–water partition coefficient (Wildman–Crippen LogP) is 3.50. The molecule has 0 aromatic heterocycles. The zero-order valence-electron chi connectivity index (χ0n) is 16.5. The molecule has 0 aliphatic carbocycles. The van der Waals surface area contributed by atoms with E-state index in [1.54, 1.807) is 7.11 Å². The molecule has 27 heavy (non-hydrogen) atoms. The molecule has 0 saturated carbocycles. The minimum atomic E-state index is 0.0454. The van der Waals surface area contributed by atoms with Crippen LogP contribution in [0.2, 0.25) is 0 Å². The molecule has 5 heteroatoms. The van der Waals surface area contributed by atoms with Crippen molar-refractivity contribution in [2.24, 2.45) is 0 Å². The lowest BCUT2D eigenvalue weighted by Crippen LogP contribution is -2.48. The molecule has 1 fully saturated rings. The molecule has 2 aromatic rings. The van der Waals surface area contributed by atoms with Crippen LogP contribution in [0.4, 0.5) is 11.4 Å². The smallest absolute Gasteiger partial charge is 0.257 e. The number of carbonyl (C=O) groups excluding carboxylic acids is 1. The lowest BCUT2D eigenvalue weighted by molar-refractivity contribution is 0.0743. The molecule has 1 aliphatic heterocycles. The molecule has 0 atom stereocenters. The summed E-state index contributed by atoms with van der Waals surface area (Å²) in [7, 11) is 1.60. The summed E-state index contributed by atoms with van der Waals surface area (Å²) in [6.07, 6.45) is 0. The van der Waals surface area contributed by atoms with Crippen LogP contribution in [0.3, 0.4) is 0 Å². The molecule has 0 spiro atoms. The van der Waals surface area contributed by atoms with Crippen LogP contribution in [0.15, 0.2) is 48.5 Å². The predicted molar refractivity (Wildman–Crippen MR) is 111 cm³/mol. The minimum Gasteiger partial charge on any atom is -0.496 e. The zero-order valence-corrected chi connectivity index (χ0v) is 16.5. The zero-order chi connectivity index (χ0) is 19.2. The molecule has 5 nitrogen and oxygen atoms in total. The van der Waals surface area contributed by atoms with Crippen molar-refractivity contribution < 1.29 is 9.53 Å². The largest absolute Gasteiger partial charge is 0.496 e. The van der Waals surface area contributed by atoms with Gasteiger partial charge in [0.05, 0.1) is 12.7 Å². The van der Waals surface area contributed by atoms with Crippen molar-refractivity contribution in [3.8, 4) is 5.75 Å². The average Bonchev–Trinajstić information content (AvgIpc) is 2.74. The van der Waals surface area contributed by atoms with Crippen LogP contribution in [0.25, 0.3) is 0 Å². The Hall–Kier alpha value is -2.69. The number of hydrogen-bond acceptors (Lipinski definition) is 4. The topological polar surface area (TPSA) is 36.0 Å². The van der Waals surface area contributed by atoms with Crippen molar-refractivity contribution in [2.75, 3.05) is 56.2 Å². The molecule has 0 bridgehead atoms. The van der Waals surface area contributed by atoms with E-state index in [0.717, 1.165) is 26.2 Å². The van der Waals surface area contributed by atoms with Gasteiger partial charge < -0.3 is 19.4 Å². The first-order valence-corrected chi connectivity index (χ1v) is 9.70. The van der Waals surface area contributed by atoms with Crippen molar-refractivity contribution in [3.05, 3.63) is 54.1 Å². The number of nitrogens with zero attached hydrogens (tertiary/aromatic N) is 3. The van der Waals surface area contributed by atoms with Crippen LogP contribution >= 0.6 is 0 Å². The van der Waals surface area contributed by atoms with Crippen LogP contribution in [-0.2, 0) is 0 Å². The number of hydrogen-bond donors (Lipinski definition) is 0. The maximum atomic E-state index is 12.8. The Kier molecular flexibility index (Phi) is 6.22. The summed E-state index contributed by atoms with van der Waals surface area (Å²) in [5.41, 5.74) is 3.11. The molecule has 1 amide bonds. The molecular weight excluding hydrogens is 338 g/mol. The number of rotatable bonds is 6. The summed E-state index contributed by atoms with van der Waals surface area (Å²) in [6.45, 7) is 9.49. The van der Waals surface area contributed by atoms with Gasteiger partial charge >= 0.3 is 0 Å². The molecule has 0 unspecified atom stereocenters. The minimum absolute atomic E-state index is 0.0454. The number of piperazine rings is 1. The first kappa shape index (κ1) is 19.1. The quantitative estimate of drug-likeness (QED) is 0.783. The highest BCUT2D eigenvalue weighted by molar-refractivity contribution is 5.97. The van der Waals surface area contributed by atoms with Crippen molar-refractivity contribution in [1.82, 2.24) is 4.90 Å².